The van der Waals surface area contributed by atoms with Gasteiger partial charge >= 0.3 is 6.18 Å². The molecule has 15 heavy (non-hydrogen) atoms. The molecule has 0 aliphatic rings. The maximum Gasteiger partial charge on any atom is 0.433 e. The first-order chi connectivity index (χ1) is 6.62. The Morgan fingerprint density at radius 1 is 1.07 bits per heavy atom. The van der Waals surface area contributed by atoms with E-state index in [1.165, 1.54) is 0 Å². The zero-order chi connectivity index (χ0) is 11.9. The summed E-state index contributed by atoms with van der Waals surface area (Å²) < 4.78 is 34.6. The Hall–Kier alpha value is 0.1000. The highest BCUT2D eigenvalue weighted by molar-refractivity contribution is 6.67. The second-order valence-electron chi connectivity index (χ2n) is 2.53. The van der Waals surface area contributed by atoms with Gasteiger partial charge in [-0.1, -0.05) is 46.4 Å². The summed E-state index contributed by atoms with van der Waals surface area (Å²) in [5.74, 6) is 0. The number of halogens is 7. The molecular formula is C7H2Cl4F3N. The number of nitrogens with zero attached hydrogens (tertiary/aromatic N) is 1. The number of aromatic nitrogens is 1. The molecule has 0 amide bonds. The molecule has 1 rings (SSSR count). The smallest absolute Gasteiger partial charge is 0.231 e. The monoisotopic (exact) mass is 297 g/mol. The van der Waals surface area contributed by atoms with Crippen LogP contribution in [0.1, 0.15) is 11.3 Å². The first-order valence-electron chi connectivity index (χ1n) is 3.43. The zero-order valence-corrected chi connectivity index (χ0v) is 9.77. The van der Waals surface area contributed by atoms with Gasteiger partial charge in [-0.25, -0.2) is 4.98 Å². The van der Waals surface area contributed by atoms with E-state index < -0.39 is 20.8 Å². The van der Waals surface area contributed by atoms with Gasteiger partial charge in [-0.2, -0.15) is 13.2 Å². The van der Waals surface area contributed by atoms with Crippen LogP contribution in [0.3, 0.4) is 0 Å². The average molecular weight is 299 g/mol. The van der Waals surface area contributed by atoms with E-state index >= 15 is 0 Å². The van der Waals surface area contributed by atoms with Gasteiger partial charge in [0, 0.05) is 5.56 Å². The molecule has 0 fully saturated rings. The van der Waals surface area contributed by atoms with Crippen LogP contribution in [-0.4, -0.2) is 4.98 Å². The van der Waals surface area contributed by atoms with Crippen molar-refractivity contribution in [3.8, 4) is 0 Å². The first-order valence-corrected chi connectivity index (χ1v) is 4.94. The number of alkyl halides is 6. The summed E-state index contributed by atoms with van der Waals surface area (Å²) in [5, 5.41) is -0.482. The van der Waals surface area contributed by atoms with Crippen LogP contribution in [-0.2, 0) is 9.97 Å². The Balaban J connectivity index is 3.21. The molecule has 0 spiro atoms. The minimum absolute atomic E-state index is 0.0952. The van der Waals surface area contributed by atoms with Gasteiger partial charge in [-0.15, -0.1) is 0 Å². The lowest BCUT2D eigenvalue weighted by Crippen LogP contribution is -2.10. The highest BCUT2D eigenvalue weighted by atomic mass is 35.6. The molecule has 0 aliphatic carbocycles. The summed E-state index contributed by atoms with van der Waals surface area (Å²) in [4.78, 5) is 3.10. The number of hydrogen-bond acceptors (Lipinski definition) is 1. The molecule has 0 aromatic carbocycles. The van der Waals surface area contributed by atoms with Gasteiger partial charge in [0.1, 0.15) is 10.8 Å². The highest BCUT2D eigenvalue weighted by Gasteiger charge is 2.35. The fourth-order valence-corrected chi connectivity index (χ4v) is 1.70. The van der Waals surface area contributed by atoms with E-state index in [9.17, 15) is 13.2 Å². The normalized spacial score (nSPS) is 13.0. The molecule has 8 heteroatoms. The van der Waals surface area contributed by atoms with Crippen LogP contribution >= 0.6 is 46.4 Å². The molecule has 1 aromatic rings. The molecule has 0 radical (unpaired) electrons. The van der Waals surface area contributed by atoms with Crippen LogP contribution in [0.25, 0.3) is 0 Å². The molecular weight excluding hydrogens is 297 g/mol. The van der Waals surface area contributed by atoms with Crippen molar-refractivity contribution >= 4 is 46.4 Å². The zero-order valence-electron chi connectivity index (χ0n) is 6.75. The third-order valence-electron chi connectivity index (χ3n) is 1.44. The minimum Gasteiger partial charge on any atom is -0.231 e. The van der Waals surface area contributed by atoms with Gasteiger partial charge in [0.05, 0.1) is 0 Å². The van der Waals surface area contributed by atoms with Crippen LogP contribution < -0.4 is 0 Å². The SMILES string of the molecule is FC(F)(F)c1ccc(C(Cl)(Cl)Cl)c(Cl)n1. The van der Waals surface area contributed by atoms with E-state index in [-0.39, 0.29) is 5.56 Å². The quantitative estimate of drug-likeness (QED) is 0.504. The van der Waals surface area contributed by atoms with Crippen LogP contribution in [0.2, 0.25) is 5.15 Å². The molecule has 1 heterocycles. The number of rotatable bonds is 0. The van der Waals surface area contributed by atoms with Gasteiger partial charge < -0.3 is 0 Å². The Kier molecular flexibility index (Phi) is 3.66. The molecule has 0 aliphatic heterocycles. The topological polar surface area (TPSA) is 12.9 Å². The number of pyridine rings is 1. The predicted molar refractivity (Wildman–Crippen MR) is 53.5 cm³/mol. The third-order valence-corrected chi connectivity index (χ3v) is 2.34. The maximum atomic E-state index is 12.2. The molecule has 0 saturated carbocycles. The van der Waals surface area contributed by atoms with Gasteiger partial charge in [0.25, 0.3) is 0 Å². The molecule has 1 nitrogen and oxygen atoms in total. The minimum atomic E-state index is -4.57. The summed E-state index contributed by atoms with van der Waals surface area (Å²) in [7, 11) is 0. The summed E-state index contributed by atoms with van der Waals surface area (Å²) in [6, 6.07) is 1.67. The standard InChI is InChI=1S/C7H2Cl4F3N/c8-5-3(6(9,10)11)1-2-4(15-5)7(12,13)14/h1-2H. The lowest BCUT2D eigenvalue weighted by Gasteiger charge is -2.14. The van der Waals surface area contributed by atoms with Crippen molar-refractivity contribution in [1.82, 2.24) is 4.98 Å². The van der Waals surface area contributed by atoms with Gasteiger partial charge in [0.2, 0.25) is 3.79 Å². The van der Waals surface area contributed by atoms with Gasteiger partial charge in [-0.05, 0) is 12.1 Å². The van der Waals surface area contributed by atoms with E-state index in [0.717, 1.165) is 6.07 Å². The predicted octanol–water partition coefficient (Wildman–Crippen LogP) is 4.58. The van der Waals surface area contributed by atoms with Crippen molar-refractivity contribution < 1.29 is 13.2 Å². The summed E-state index contributed by atoms with van der Waals surface area (Å²) in [6.07, 6.45) is -4.57. The Labute approximate surface area is 103 Å². The second kappa shape index (κ2) is 4.17. The van der Waals surface area contributed by atoms with Crippen LogP contribution in [0.15, 0.2) is 12.1 Å². The van der Waals surface area contributed by atoms with Crippen molar-refractivity contribution in [2.24, 2.45) is 0 Å². The fraction of sp³-hybridized carbons (Fsp3) is 0.286. The van der Waals surface area contributed by atoms with Crippen LogP contribution in [0.5, 0.6) is 0 Å². The van der Waals surface area contributed by atoms with Crippen molar-refractivity contribution in [2.75, 3.05) is 0 Å². The summed E-state index contributed by atoms with van der Waals surface area (Å²) >= 11 is 21.8. The van der Waals surface area contributed by atoms with Crippen molar-refractivity contribution in [2.45, 2.75) is 9.97 Å². The first kappa shape index (κ1) is 13.2. The van der Waals surface area contributed by atoms with Crippen molar-refractivity contribution in [3.05, 3.63) is 28.5 Å². The third kappa shape index (κ3) is 3.28. The Morgan fingerprint density at radius 3 is 1.93 bits per heavy atom. The Morgan fingerprint density at radius 2 is 1.60 bits per heavy atom. The number of hydrogen-bond donors (Lipinski definition) is 0. The maximum absolute atomic E-state index is 12.2. The van der Waals surface area contributed by atoms with E-state index in [0.29, 0.717) is 6.07 Å². The lowest BCUT2D eigenvalue weighted by atomic mass is 10.2. The van der Waals surface area contributed by atoms with E-state index in [2.05, 4.69) is 4.98 Å². The van der Waals surface area contributed by atoms with E-state index in [1.54, 1.807) is 0 Å². The van der Waals surface area contributed by atoms with Gasteiger partial charge in [0.15, 0.2) is 0 Å². The highest BCUT2D eigenvalue weighted by Crippen LogP contribution is 2.42. The van der Waals surface area contributed by atoms with Crippen molar-refractivity contribution in [3.63, 3.8) is 0 Å². The van der Waals surface area contributed by atoms with Gasteiger partial charge in [-0.3, -0.25) is 0 Å². The Bertz CT molecular complexity index is 371. The fourth-order valence-electron chi connectivity index (χ4n) is 0.804. The summed E-state index contributed by atoms with van der Waals surface area (Å²) in [5.41, 5.74) is -1.23. The van der Waals surface area contributed by atoms with E-state index in [4.69, 9.17) is 46.4 Å². The molecule has 0 unspecified atom stereocenters. The molecule has 0 saturated heterocycles. The summed E-state index contributed by atoms with van der Waals surface area (Å²) in [6.45, 7) is 0. The molecule has 0 N–H and O–H groups in total. The van der Waals surface area contributed by atoms with Crippen LogP contribution in [0.4, 0.5) is 13.2 Å². The average Bonchev–Trinajstić information content (AvgIpc) is 1.99. The molecule has 0 bridgehead atoms. The second-order valence-corrected chi connectivity index (χ2v) is 5.17. The molecule has 0 atom stereocenters. The van der Waals surface area contributed by atoms with Crippen molar-refractivity contribution in [1.29, 1.82) is 0 Å². The van der Waals surface area contributed by atoms with E-state index in [1.807, 2.05) is 0 Å². The molecule has 1 aromatic heterocycles. The molecule has 84 valence electrons. The largest absolute Gasteiger partial charge is 0.433 e. The lowest BCUT2D eigenvalue weighted by molar-refractivity contribution is -0.141. The van der Waals surface area contributed by atoms with Crippen LogP contribution in [0, 0.1) is 0 Å².